The molecule has 0 spiro atoms. The number of aliphatic hydroxyl groups excluding tert-OH is 3. The number of benzene rings is 2. The van der Waals surface area contributed by atoms with Crippen molar-refractivity contribution in [3.05, 3.63) is 85.0 Å². The van der Waals surface area contributed by atoms with E-state index >= 15 is 0 Å². The molecule has 24 heteroatoms. The summed E-state index contributed by atoms with van der Waals surface area (Å²) in [6, 6.07) is 15.5. The lowest BCUT2D eigenvalue weighted by Crippen LogP contribution is -2.61. The Morgan fingerprint density at radius 3 is 2.22 bits per heavy atom. The first-order valence-corrected chi connectivity index (χ1v) is 24.3. The van der Waals surface area contributed by atoms with Gasteiger partial charge in [-0.25, -0.2) is 9.36 Å². The normalized spacial score (nSPS) is 19.5. The van der Waals surface area contributed by atoms with Crippen molar-refractivity contribution in [2.75, 3.05) is 76.5 Å². The Balaban J connectivity index is 0.0000119. The first kappa shape index (κ1) is 60.1. The summed E-state index contributed by atoms with van der Waals surface area (Å²) in [6.45, 7) is 4.58. The van der Waals surface area contributed by atoms with Crippen LogP contribution in [-0.2, 0) is 49.5 Å². The molecule has 23 nitrogen and oxygen atoms in total. The molecule has 2 aliphatic heterocycles. The van der Waals surface area contributed by atoms with Crippen molar-refractivity contribution in [1.82, 2.24) is 15.5 Å². The van der Waals surface area contributed by atoms with Gasteiger partial charge in [0.05, 0.1) is 64.2 Å². The number of halogens is 1. The molecule has 1 aromatic heterocycles. The number of unbranched alkanes of at least 4 members (excludes halogenated alkanes) is 3. The Morgan fingerprint density at radius 1 is 0.851 bits per heavy atom. The maximum absolute atomic E-state index is 13.2. The number of likely N-dealkylation sites (tertiary alicyclic amines) is 1. The molecule has 404 valence electrons. The van der Waals surface area contributed by atoms with Gasteiger partial charge in [-0.15, -0.1) is 0 Å². The smallest absolute Gasteiger partial charge is 0.335 e. The molecule has 2 aromatic carbocycles. The van der Waals surface area contributed by atoms with Crippen molar-refractivity contribution in [2.24, 2.45) is 10.9 Å². The van der Waals surface area contributed by atoms with Gasteiger partial charge in [0.15, 0.2) is 31.2 Å². The molecule has 4 amide bonds. The Hall–Kier alpha value is -6.49. The highest BCUT2D eigenvalue weighted by atomic mass is 35.5. The van der Waals surface area contributed by atoms with Crippen molar-refractivity contribution < 1.29 is 77.4 Å². The number of aliphatic hydroxyl groups is 3. The SMILES string of the molecule is CC1CC(=O)N(CCOCCOCCOCCC(=O)NCCC(=O)Nc2cc(C[n+]3ccc(NC(=NCCCCCCOc4ccc(Cl)cc4)NC#N)cc3)ccc2O[C@@H]2O[C@H](C(=O)O)[C@@H](O)[C@H](O)[C@H]2O)C1=O.[CH3-]. The van der Waals surface area contributed by atoms with Crippen molar-refractivity contribution >= 4 is 58.5 Å². The van der Waals surface area contributed by atoms with Crippen LogP contribution in [0, 0.1) is 24.8 Å². The number of guanidine groups is 1. The zero-order chi connectivity index (χ0) is 52.5. The third-order valence-corrected chi connectivity index (χ3v) is 11.5. The Morgan fingerprint density at radius 2 is 1.54 bits per heavy atom. The van der Waals surface area contributed by atoms with Gasteiger partial charge in [-0.05, 0) is 61.7 Å². The highest BCUT2D eigenvalue weighted by Gasteiger charge is 2.48. The van der Waals surface area contributed by atoms with E-state index in [1.165, 1.54) is 11.0 Å². The fraction of sp³-hybridized carbons (Fsp3) is 0.500. The van der Waals surface area contributed by atoms with Gasteiger partial charge in [0.2, 0.25) is 35.9 Å². The maximum atomic E-state index is 13.2. The van der Waals surface area contributed by atoms with E-state index in [1.807, 2.05) is 22.9 Å². The van der Waals surface area contributed by atoms with E-state index in [9.17, 15) is 49.7 Å². The number of pyridine rings is 1. The zero-order valence-electron chi connectivity index (χ0n) is 41.5. The summed E-state index contributed by atoms with van der Waals surface area (Å²) in [7, 11) is 0. The highest BCUT2D eigenvalue weighted by Crippen LogP contribution is 2.31. The van der Waals surface area contributed by atoms with Crippen LogP contribution in [0.15, 0.2) is 72.0 Å². The molecule has 74 heavy (non-hydrogen) atoms. The second kappa shape index (κ2) is 32.0. The number of nitrogens with one attached hydrogen (secondary N) is 4. The number of carboxylic acids is 1. The first-order valence-electron chi connectivity index (χ1n) is 23.9. The highest BCUT2D eigenvalue weighted by molar-refractivity contribution is 6.30. The summed E-state index contributed by atoms with van der Waals surface area (Å²) >= 11 is 5.92. The number of aliphatic imine (C=N–C) groups is 1. The van der Waals surface area contributed by atoms with Crippen LogP contribution in [0.3, 0.4) is 0 Å². The third kappa shape index (κ3) is 20.1. The van der Waals surface area contributed by atoms with E-state index in [0.717, 1.165) is 31.4 Å². The van der Waals surface area contributed by atoms with E-state index in [-0.39, 0.29) is 121 Å². The Kier molecular flexibility index (Phi) is 25.9. The summed E-state index contributed by atoms with van der Waals surface area (Å²) in [6.07, 6.45) is -0.307. The van der Waals surface area contributed by atoms with Crippen LogP contribution in [0.1, 0.15) is 57.4 Å². The minimum absolute atomic E-state index is 0. The average Bonchev–Trinajstić information content (AvgIpc) is 3.61. The average molecular weight is 1060 g/mol. The molecule has 0 aliphatic carbocycles. The van der Waals surface area contributed by atoms with Gasteiger partial charge in [-0.1, -0.05) is 24.9 Å². The predicted molar refractivity (Wildman–Crippen MR) is 267 cm³/mol. The van der Waals surface area contributed by atoms with Crippen LogP contribution in [0.2, 0.25) is 5.02 Å². The molecular weight excluding hydrogens is 988 g/mol. The molecule has 6 atom stereocenters. The molecule has 0 radical (unpaired) electrons. The zero-order valence-corrected chi connectivity index (χ0v) is 42.2. The van der Waals surface area contributed by atoms with Crippen LogP contribution >= 0.6 is 11.6 Å². The monoisotopic (exact) mass is 1050 g/mol. The van der Waals surface area contributed by atoms with Gasteiger partial charge < -0.3 is 72.2 Å². The Bertz CT molecular complexity index is 2340. The standard InChI is InChI=1S/C49H63ClN8O15.CH3/c1-32-28-41(61)58(46(32)65)20-23-69-25-27-70-26-24-68-22-15-39(59)52-17-12-40(60)56-37-29-33(6-11-38(37)72-48-44(64)42(62)43(63)45(73-48)47(66)67)30-57-18-13-35(14-19-57)55-49(54-31-51)53-16-4-2-3-5-21-71-36-9-7-34(50)8-10-36;/h6-11,13-14,18-19,29,32,42-45,48,62-64H,2-5,12,15-17,20-28,30H2,1H3,(H4,52,53,54,56,59,60,66,67);1H3/q;-1/p+1/t32?,42-,43-,44+,45-,48+;/m0./s1. The summed E-state index contributed by atoms with van der Waals surface area (Å²) in [5, 5.41) is 61.7. The number of nitrogens with zero attached hydrogens (tertiary/aromatic N) is 4. The molecule has 1 unspecified atom stereocenters. The lowest BCUT2D eigenvalue weighted by atomic mass is 9.99. The summed E-state index contributed by atoms with van der Waals surface area (Å²) in [5.41, 5.74) is 1.41. The van der Waals surface area contributed by atoms with E-state index in [1.54, 1.807) is 55.7 Å². The minimum atomic E-state index is -1.94. The Labute approximate surface area is 434 Å². The number of aliphatic carboxylic acids is 1. The fourth-order valence-corrected chi connectivity index (χ4v) is 7.47. The van der Waals surface area contributed by atoms with Crippen LogP contribution in [0.25, 0.3) is 0 Å². The molecular formula is C50H67ClN8O15. The summed E-state index contributed by atoms with van der Waals surface area (Å²) in [4.78, 5) is 66.9. The van der Waals surface area contributed by atoms with E-state index < -0.39 is 42.6 Å². The van der Waals surface area contributed by atoms with Crippen molar-refractivity contribution in [1.29, 1.82) is 5.26 Å². The fourth-order valence-electron chi connectivity index (χ4n) is 7.35. The van der Waals surface area contributed by atoms with Gasteiger partial charge in [0, 0.05) is 61.0 Å². The number of carbonyl (C=O) groups excluding carboxylic acids is 4. The number of hydrogen-bond donors (Lipinski definition) is 8. The third-order valence-electron chi connectivity index (χ3n) is 11.3. The molecule has 3 aromatic rings. The number of ether oxygens (including phenoxy) is 6. The number of nitriles is 1. The van der Waals surface area contributed by atoms with Crippen molar-refractivity contribution in [3.63, 3.8) is 0 Å². The maximum Gasteiger partial charge on any atom is 0.335 e. The molecule has 2 fully saturated rings. The number of imide groups is 1. The second-order valence-electron chi connectivity index (χ2n) is 17.0. The molecule has 8 N–H and O–H groups in total. The number of anilines is 2. The van der Waals surface area contributed by atoms with Crippen molar-refractivity contribution in [3.8, 4) is 17.7 Å². The molecule has 2 saturated heterocycles. The lowest BCUT2D eigenvalue weighted by Gasteiger charge is -2.38. The van der Waals surface area contributed by atoms with Gasteiger partial charge in [0.25, 0.3) is 0 Å². The van der Waals surface area contributed by atoms with Crippen LogP contribution < -0.4 is 35.3 Å². The molecule has 0 bridgehead atoms. The number of amides is 4. The summed E-state index contributed by atoms with van der Waals surface area (Å²) in [5.74, 6) is -2.18. The molecule has 5 rings (SSSR count). The van der Waals surface area contributed by atoms with Gasteiger partial charge in [-0.3, -0.25) is 34.4 Å². The minimum Gasteiger partial charge on any atom is -0.494 e. The van der Waals surface area contributed by atoms with Gasteiger partial charge in [0.1, 0.15) is 29.8 Å². The lowest BCUT2D eigenvalue weighted by molar-refractivity contribution is -0.688. The number of carbonyl (C=O) groups is 5. The number of rotatable bonds is 30. The van der Waals surface area contributed by atoms with Crippen molar-refractivity contribution in [2.45, 2.75) is 89.1 Å². The van der Waals surface area contributed by atoms with Crippen LogP contribution in [-0.4, -0.2) is 157 Å². The largest absolute Gasteiger partial charge is 0.494 e. The molecule has 0 saturated carbocycles. The topological polar surface area (TPSA) is 313 Å². The van der Waals surface area contributed by atoms with Gasteiger partial charge >= 0.3 is 5.97 Å². The number of aromatic nitrogens is 1. The first-order chi connectivity index (χ1) is 35.2. The number of hydrogen-bond acceptors (Lipinski definition) is 16. The molecule has 3 heterocycles. The van der Waals surface area contributed by atoms with Crippen LogP contribution in [0.4, 0.5) is 11.4 Å². The van der Waals surface area contributed by atoms with E-state index in [2.05, 4.69) is 26.3 Å². The predicted octanol–water partition coefficient (Wildman–Crippen LogP) is 2.15. The van der Waals surface area contributed by atoms with Crippen LogP contribution in [0.5, 0.6) is 11.5 Å². The van der Waals surface area contributed by atoms with E-state index in [4.69, 9.17) is 40.0 Å². The number of carboxylic acid groups (broad SMARTS) is 1. The van der Waals surface area contributed by atoms with Gasteiger partial charge in [-0.2, -0.15) is 5.26 Å². The van der Waals surface area contributed by atoms with E-state index in [0.29, 0.717) is 35.4 Å². The summed E-state index contributed by atoms with van der Waals surface area (Å²) < 4.78 is 35.0. The quantitative estimate of drug-likeness (QED) is 0.00693. The molecule has 2 aliphatic rings. The second-order valence-corrected chi connectivity index (χ2v) is 17.4.